The first kappa shape index (κ1) is 23.4. The van der Waals surface area contributed by atoms with Gasteiger partial charge in [-0.2, -0.15) is 9.40 Å². The molecule has 2 aromatic rings. The van der Waals surface area contributed by atoms with Crippen molar-refractivity contribution in [2.24, 2.45) is 0 Å². The first-order valence-electron chi connectivity index (χ1n) is 10.7. The van der Waals surface area contributed by atoms with Gasteiger partial charge in [0.2, 0.25) is 15.9 Å². The molecule has 0 bridgehead atoms. The van der Waals surface area contributed by atoms with E-state index in [1.807, 2.05) is 58.6 Å². The number of carbonyl (C=O) groups excluding carboxylic acids is 1. The van der Waals surface area contributed by atoms with Crippen LogP contribution in [0, 0.1) is 20.8 Å². The van der Waals surface area contributed by atoms with Gasteiger partial charge in [-0.15, -0.1) is 0 Å². The number of anilines is 1. The summed E-state index contributed by atoms with van der Waals surface area (Å²) in [5.41, 5.74) is 2.60. The summed E-state index contributed by atoms with van der Waals surface area (Å²) in [7, 11) is -3.57. The largest absolute Gasteiger partial charge is 0.310 e. The number of hydrogen-bond acceptors (Lipinski definition) is 5. The molecule has 170 valence electrons. The molecule has 1 aliphatic rings. The molecule has 9 heteroatoms. The number of carbonyl (C=O) groups is 1. The van der Waals surface area contributed by atoms with Crippen molar-refractivity contribution in [1.29, 1.82) is 0 Å². The van der Waals surface area contributed by atoms with Crippen molar-refractivity contribution in [3.8, 4) is 0 Å². The predicted molar refractivity (Wildman–Crippen MR) is 122 cm³/mol. The number of aromatic nitrogens is 2. The summed E-state index contributed by atoms with van der Waals surface area (Å²) in [4.78, 5) is 15.2. The molecule has 3 rings (SSSR count). The molecule has 1 amide bonds. The summed E-state index contributed by atoms with van der Waals surface area (Å²) in [6, 6.07) is 5.36. The second-order valence-corrected chi connectivity index (χ2v) is 10.5. The highest BCUT2D eigenvalue weighted by molar-refractivity contribution is 7.89. The molecule has 31 heavy (non-hydrogen) atoms. The van der Waals surface area contributed by atoms with Crippen LogP contribution in [0.25, 0.3) is 0 Å². The highest BCUT2D eigenvalue weighted by Gasteiger charge is 2.33. The van der Waals surface area contributed by atoms with Crippen LogP contribution in [0.3, 0.4) is 0 Å². The lowest BCUT2D eigenvalue weighted by molar-refractivity contribution is -0.121. The Morgan fingerprint density at radius 1 is 1.03 bits per heavy atom. The maximum atomic E-state index is 13.3. The first-order chi connectivity index (χ1) is 14.5. The predicted octanol–water partition coefficient (Wildman–Crippen LogP) is 2.72. The van der Waals surface area contributed by atoms with Crippen LogP contribution in [0.4, 0.5) is 5.82 Å². The van der Waals surface area contributed by atoms with Crippen LogP contribution in [-0.2, 0) is 14.8 Å². The lowest BCUT2D eigenvalue weighted by atomic mass is 10.1. The molecular weight excluding hydrogens is 414 g/mol. The third-order valence-corrected chi connectivity index (χ3v) is 8.02. The molecule has 0 saturated carbocycles. The molecule has 2 heterocycles. The Kier molecular flexibility index (Phi) is 6.88. The van der Waals surface area contributed by atoms with Crippen molar-refractivity contribution in [2.45, 2.75) is 58.5 Å². The molecule has 1 atom stereocenters. The van der Waals surface area contributed by atoms with Gasteiger partial charge in [0.05, 0.1) is 17.1 Å². The van der Waals surface area contributed by atoms with Crippen LogP contribution in [0.5, 0.6) is 0 Å². The lowest BCUT2D eigenvalue weighted by Crippen LogP contribution is -2.54. The Labute approximate surface area is 185 Å². The maximum absolute atomic E-state index is 13.3. The number of nitrogens with zero attached hydrogens (tertiary/aromatic N) is 4. The maximum Gasteiger partial charge on any atom is 0.243 e. The van der Waals surface area contributed by atoms with E-state index >= 15 is 0 Å². The summed E-state index contributed by atoms with van der Waals surface area (Å²) in [5, 5.41) is 7.19. The lowest BCUT2D eigenvalue weighted by Gasteiger charge is -2.37. The second-order valence-electron chi connectivity index (χ2n) is 8.59. The minimum absolute atomic E-state index is 0.121. The molecule has 0 radical (unpaired) electrons. The Hall–Kier alpha value is -2.23. The Morgan fingerprint density at radius 3 is 2.16 bits per heavy atom. The monoisotopic (exact) mass is 447 g/mol. The van der Waals surface area contributed by atoms with E-state index in [0.717, 1.165) is 16.7 Å². The topological polar surface area (TPSA) is 87.5 Å². The smallest absolute Gasteiger partial charge is 0.243 e. The number of rotatable bonds is 6. The molecule has 1 aromatic carbocycles. The molecule has 1 fully saturated rings. The van der Waals surface area contributed by atoms with E-state index < -0.39 is 10.0 Å². The van der Waals surface area contributed by atoms with Crippen LogP contribution in [-0.4, -0.2) is 65.5 Å². The summed E-state index contributed by atoms with van der Waals surface area (Å²) >= 11 is 0. The summed E-state index contributed by atoms with van der Waals surface area (Å²) < 4.78 is 29.9. The van der Waals surface area contributed by atoms with Crippen molar-refractivity contribution in [3.05, 3.63) is 41.1 Å². The number of benzene rings is 1. The Balaban J connectivity index is 1.66. The first-order valence-corrected chi connectivity index (χ1v) is 12.1. The quantitative estimate of drug-likeness (QED) is 0.736. The molecule has 1 aliphatic heterocycles. The number of hydrogen-bond donors (Lipinski definition) is 1. The van der Waals surface area contributed by atoms with Gasteiger partial charge in [0.25, 0.3) is 0 Å². The van der Waals surface area contributed by atoms with E-state index in [1.165, 1.54) is 4.31 Å². The standard InChI is InChI=1S/C22H33N5O3S/c1-15(2)27-20(7-8-23-27)24-22(28)19(6)25-9-11-26(12-10-25)31(29,30)21-17(4)13-16(3)14-18(21)5/h7-8,13-15,19H,9-12H2,1-6H3,(H,24,28). The van der Waals surface area contributed by atoms with E-state index in [-0.39, 0.29) is 18.0 Å². The molecule has 8 nitrogen and oxygen atoms in total. The summed E-state index contributed by atoms with van der Waals surface area (Å²) in [6.07, 6.45) is 1.67. The second kappa shape index (κ2) is 9.10. The van der Waals surface area contributed by atoms with Gasteiger partial charge in [-0.1, -0.05) is 17.7 Å². The summed E-state index contributed by atoms with van der Waals surface area (Å²) in [5.74, 6) is 0.544. The van der Waals surface area contributed by atoms with Gasteiger partial charge in [-0.05, 0) is 52.7 Å². The molecule has 1 N–H and O–H groups in total. The van der Waals surface area contributed by atoms with Crippen molar-refractivity contribution in [2.75, 3.05) is 31.5 Å². The average molecular weight is 448 g/mol. The van der Waals surface area contributed by atoms with Crippen molar-refractivity contribution >= 4 is 21.7 Å². The van der Waals surface area contributed by atoms with Crippen molar-refractivity contribution in [3.63, 3.8) is 0 Å². The summed E-state index contributed by atoms with van der Waals surface area (Å²) in [6.45, 7) is 13.2. The van der Waals surface area contributed by atoms with Gasteiger partial charge in [0.1, 0.15) is 5.82 Å². The SMILES string of the molecule is Cc1cc(C)c(S(=O)(=O)N2CCN(C(C)C(=O)Nc3ccnn3C(C)C)CC2)c(C)c1. The zero-order valence-electron chi connectivity index (χ0n) is 19.2. The van der Waals surface area contributed by atoms with Crippen LogP contribution in [0.15, 0.2) is 29.3 Å². The Bertz CT molecular complexity index is 1030. The van der Waals surface area contributed by atoms with Gasteiger partial charge in [-0.3, -0.25) is 9.69 Å². The van der Waals surface area contributed by atoms with Crippen LogP contribution in [0.2, 0.25) is 0 Å². The molecule has 0 aliphatic carbocycles. The van der Waals surface area contributed by atoms with E-state index in [9.17, 15) is 13.2 Å². The Morgan fingerprint density at radius 2 is 1.61 bits per heavy atom. The minimum atomic E-state index is -3.57. The highest BCUT2D eigenvalue weighted by atomic mass is 32.2. The van der Waals surface area contributed by atoms with Gasteiger partial charge in [0.15, 0.2) is 0 Å². The molecule has 1 unspecified atom stereocenters. The van der Waals surface area contributed by atoms with Crippen LogP contribution < -0.4 is 5.32 Å². The van der Waals surface area contributed by atoms with E-state index in [4.69, 9.17) is 0 Å². The minimum Gasteiger partial charge on any atom is -0.310 e. The number of amides is 1. The third-order valence-electron chi connectivity index (χ3n) is 5.81. The van der Waals surface area contributed by atoms with E-state index in [1.54, 1.807) is 16.9 Å². The van der Waals surface area contributed by atoms with Crippen molar-refractivity contribution < 1.29 is 13.2 Å². The van der Waals surface area contributed by atoms with Crippen molar-refractivity contribution in [1.82, 2.24) is 19.0 Å². The molecule has 1 aromatic heterocycles. The van der Waals surface area contributed by atoms with Gasteiger partial charge >= 0.3 is 0 Å². The number of aryl methyl sites for hydroxylation is 3. The van der Waals surface area contributed by atoms with Crippen LogP contribution >= 0.6 is 0 Å². The normalized spacial score (nSPS) is 17.1. The zero-order chi connectivity index (χ0) is 22.9. The molecular formula is C22H33N5O3S. The fourth-order valence-corrected chi connectivity index (χ4v) is 6.09. The van der Waals surface area contributed by atoms with Gasteiger partial charge < -0.3 is 5.32 Å². The molecule has 1 saturated heterocycles. The number of sulfonamides is 1. The number of nitrogens with one attached hydrogen (secondary N) is 1. The van der Waals surface area contributed by atoms with Crippen LogP contribution in [0.1, 0.15) is 43.5 Å². The fourth-order valence-electron chi connectivity index (χ4n) is 4.26. The van der Waals surface area contributed by atoms with E-state index in [2.05, 4.69) is 10.4 Å². The highest BCUT2D eigenvalue weighted by Crippen LogP contribution is 2.26. The molecule has 0 spiro atoms. The van der Waals surface area contributed by atoms with Gasteiger partial charge in [-0.25, -0.2) is 13.1 Å². The zero-order valence-corrected chi connectivity index (χ0v) is 20.0. The number of piperazine rings is 1. The third kappa shape index (κ3) is 4.83. The average Bonchev–Trinajstić information content (AvgIpc) is 3.14. The van der Waals surface area contributed by atoms with E-state index in [0.29, 0.717) is 36.9 Å². The fraction of sp³-hybridized carbons (Fsp3) is 0.545. The van der Waals surface area contributed by atoms with Gasteiger partial charge in [0, 0.05) is 38.3 Å².